The SMILES string of the molecule is COC(=O)c1cc2c(OC[C@@H]3CCCN3)ccc(Br)c2n1C.Cl. The Balaban J connectivity index is 0.00000192. The fourth-order valence-electron chi connectivity index (χ4n) is 2.91. The predicted octanol–water partition coefficient (Wildman–Crippen LogP) is 3.28. The Labute approximate surface area is 149 Å². The lowest BCUT2D eigenvalue weighted by Crippen LogP contribution is -2.28. The first-order valence-corrected chi connectivity index (χ1v) is 8.13. The molecule has 0 unspecified atom stereocenters. The van der Waals surface area contributed by atoms with Crippen molar-refractivity contribution in [1.82, 2.24) is 9.88 Å². The fourth-order valence-corrected chi connectivity index (χ4v) is 3.52. The maximum Gasteiger partial charge on any atom is 0.354 e. The molecule has 3 rings (SSSR count). The molecule has 1 saturated heterocycles. The number of rotatable bonds is 4. The van der Waals surface area contributed by atoms with Crippen LogP contribution in [0.5, 0.6) is 5.75 Å². The molecule has 1 aliphatic rings. The van der Waals surface area contributed by atoms with Crippen LogP contribution in [0.15, 0.2) is 22.7 Å². The molecule has 2 heterocycles. The van der Waals surface area contributed by atoms with Crippen molar-refractivity contribution >= 4 is 45.2 Å². The Morgan fingerprint density at radius 3 is 2.91 bits per heavy atom. The standard InChI is InChI=1S/C16H19BrN2O3.ClH/c1-19-13(16(20)21-2)8-11-14(6-5-12(17)15(11)19)22-9-10-4-3-7-18-10;/h5-6,8,10,18H,3-4,7,9H2,1-2H3;1H/t10-;/m0./s1. The number of carbonyl (C=O) groups excluding carboxylic acids is 1. The van der Waals surface area contributed by atoms with Crippen molar-refractivity contribution in [2.24, 2.45) is 7.05 Å². The summed E-state index contributed by atoms with van der Waals surface area (Å²) in [6, 6.07) is 6.11. The summed E-state index contributed by atoms with van der Waals surface area (Å²) >= 11 is 3.54. The van der Waals surface area contributed by atoms with Gasteiger partial charge in [-0.1, -0.05) is 0 Å². The monoisotopic (exact) mass is 402 g/mol. The Kier molecular flexibility index (Phi) is 5.95. The number of fused-ring (bicyclic) bond motifs is 1. The molecule has 0 spiro atoms. The number of benzene rings is 1. The second-order valence-corrected chi connectivity index (χ2v) is 6.35. The van der Waals surface area contributed by atoms with Gasteiger partial charge in [-0.05, 0) is 53.5 Å². The molecule has 0 bridgehead atoms. The summed E-state index contributed by atoms with van der Waals surface area (Å²) in [5, 5.41) is 4.33. The van der Waals surface area contributed by atoms with Gasteiger partial charge in [-0.3, -0.25) is 0 Å². The quantitative estimate of drug-likeness (QED) is 0.796. The van der Waals surface area contributed by atoms with Crippen LogP contribution in [-0.4, -0.2) is 36.8 Å². The van der Waals surface area contributed by atoms with Crippen LogP contribution in [0, 0.1) is 0 Å². The topological polar surface area (TPSA) is 52.5 Å². The molecule has 1 fully saturated rings. The zero-order chi connectivity index (χ0) is 15.7. The Hall–Kier alpha value is -1.24. The molecule has 1 aliphatic heterocycles. The van der Waals surface area contributed by atoms with Crippen molar-refractivity contribution in [2.75, 3.05) is 20.3 Å². The van der Waals surface area contributed by atoms with Gasteiger partial charge in [0.1, 0.15) is 18.1 Å². The number of ether oxygens (including phenoxy) is 2. The molecular weight excluding hydrogens is 384 g/mol. The first kappa shape index (κ1) is 18.1. The number of aryl methyl sites for hydroxylation is 1. The second-order valence-electron chi connectivity index (χ2n) is 5.49. The molecule has 5 nitrogen and oxygen atoms in total. The zero-order valence-electron chi connectivity index (χ0n) is 13.1. The van der Waals surface area contributed by atoms with Crippen molar-refractivity contribution in [3.63, 3.8) is 0 Å². The van der Waals surface area contributed by atoms with E-state index in [0.29, 0.717) is 18.3 Å². The van der Waals surface area contributed by atoms with Gasteiger partial charge < -0.3 is 19.4 Å². The van der Waals surface area contributed by atoms with Crippen molar-refractivity contribution in [1.29, 1.82) is 0 Å². The lowest BCUT2D eigenvalue weighted by molar-refractivity contribution is 0.0590. The molecule has 1 aromatic carbocycles. The van der Waals surface area contributed by atoms with E-state index in [-0.39, 0.29) is 18.4 Å². The number of carbonyl (C=O) groups is 1. The average Bonchev–Trinajstić information content (AvgIpc) is 3.14. The highest BCUT2D eigenvalue weighted by Crippen LogP contribution is 2.34. The lowest BCUT2D eigenvalue weighted by atomic mass is 10.2. The summed E-state index contributed by atoms with van der Waals surface area (Å²) in [6.07, 6.45) is 2.34. The molecule has 23 heavy (non-hydrogen) atoms. The number of halogens is 2. The second kappa shape index (κ2) is 7.55. The van der Waals surface area contributed by atoms with Crippen LogP contribution in [0.3, 0.4) is 0 Å². The maximum absolute atomic E-state index is 11.9. The van der Waals surface area contributed by atoms with Gasteiger partial charge in [0, 0.05) is 22.9 Å². The number of esters is 1. The van der Waals surface area contributed by atoms with E-state index in [4.69, 9.17) is 9.47 Å². The molecule has 0 amide bonds. The number of aromatic nitrogens is 1. The highest BCUT2D eigenvalue weighted by atomic mass is 79.9. The summed E-state index contributed by atoms with van der Waals surface area (Å²) in [6.45, 7) is 1.70. The molecule has 0 saturated carbocycles. The third-order valence-corrected chi connectivity index (χ3v) is 4.74. The summed E-state index contributed by atoms with van der Waals surface area (Å²) in [5.74, 6) is 0.437. The van der Waals surface area contributed by atoms with E-state index in [1.165, 1.54) is 13.5 Å². The Morgan fingerprint density at radius 2 is 2.26 bits per heavy atom. The number of nitrogens with one attached hydrogen (secondary N) is 1. The predicted molar refractivity (Wildman–Crippen MR) is 95.7 cm³/mol. The lowest BCUT2D eigenvalue weighted by Gasteiger charge is -2.13. The van der Waals surface area contributed by atoms with Gasteiger partial charge in [-0.25, -0.2) is 4.79 Å². The third-order valence-electron chi connectivity index (χ3n) is 4.10. The van der Waals surface area contributed by atoms with Crippen LogP contribution in [0.1, 0.15) is 23.3 Å². The van der Waals surface area contributed by atoms with Crippen LogP contribution in [0.2, 0.25) is 0 Å². The normalized spacial score (nSPS) is 17.1. The minimum atomic E-state index is -0.353. The van der Waals surface area contributed by atoms with Gasteiger partial charge in [0.25, 0.3) is 0 Å². The zero-order valence-corrected chi connectivity index (χ0v) is 15.5. The van der Waals surface area contributed by atoms with E-state index < -0.39 is 0 Å². The fraction of sp³-hybridized carbons (Fsp3) is 0.438. The van der Waals surface area contributed by atoms with Crippen molar-refractivity contribution in [3.05, 3.63) is 28.4 Å². The van der Waals surface area contributed by atoms with Crippen LogP contribution < -0.4 is 10.1 Å². The summed E-state index contributed by atoms with van der Waals surface area (Å²) in [7, 11) is 3.24. The van der Waals surface area contributed by atoms with Gasteiger partial charge >= 0.3 is 5.97 Å². The van der Waals surface area contributed by atoms with Gasteiger partial charge in [-0.2, -0.15) is 0 Å². The number of hydrogen-bond acceptors (Lipinski definition) is 4. The molecule has 7 heteroatoms. The van der Waals surface area contributed by atoms with E-state index in [1.54, 1.807) is 0 Å². The first-order chi connectivity index (χ1) is 10.6. The van der Waals surface area contributed by atoms with Crippen LogP contribution in [0.4, 0.5) is 0 Å². The van der Waals surface area contributed by atoms with Crippen LogP contribution in [0.25, 0.3) is 10.9 Å². The van der Waals surface area contributed by atoms with E-state index in [0.717, 1.165) is 34.1 Å². The van der Waals surface area contributed by atoms with Gasteiger partial charge in [0.2, 0.25) is 0 Å². The minimum absolute atomic E-state index is 0. The van der Waals surface area contributed by atoms with E-state index in [2.05, 4.69) is 21.2 Å². The van der Waals surface area contributed by atoms with E-state index >= 15 is 0 Å². The summed E-state index contributed by atoms with van der Waals surface area (Å²) in [4.78, 5) is 11.9. The average molecular weight is 404 g/mol. The molecule has 1 N–H and O–H groups in total. The van der Waals surface area contributed by atoms with E-state index in [1.807, 2.05) is 29.8 Å². The van der Waals surface area contributed by atoms with Crippen molar-refractivity contribution in [3.8, 4) is 5.75 Å². The van der Waals surface area contributed by atoms with E-state index in [9.17, 15) is 4.79 Å². The Bertz CT molecular complexity index is 711. The van der Waals surface area contributed by atoms with Crippen LogP contribution >= 0.6 is 28.3 Å². The number of hydrogen-bond donors (Lipinski definition) is 1. The van der Waals surface area contributed by atoms with Gasteiger partial charge in [0.15, 0.2) is 0 Å². The highest BCUT2D eigenvalue weighted by Gasteiger charge is 2.20. The molecule has 2 aromatic rings. The maximum atomic E-state index is 11.9. The van der Waals surface area contributed by atoms with Gasteiger partial charge in [-0.15, -0.1) is 12.4 Å². The third kappa shape index (κ3) is 3.49. The highest BCUT2D eigenvalue weighted by molar-refractivity contribution is 9.10. The van der Waals surface area contributed by atoms with Crippen LogP contribution in [-0.2, 0) is 11.8 Å². The molecule has 1 atom stereocenters. The largest absolute Gasteiger partial charge is 0.491 e. The molecule has 1 aromatic heterocycles. The molecule has 126 valence electrons. The van der Waals surface area contributed by atoms with Crippen molar-refractivity contribution in [2.45, 2.75) is 18.9 Å². The first-order valence-electron chi connectivity index (χ1n) is 7.34. The smallest absolute Gasteiger partial charge is 0.354 e. The number of nitrogens with zero attached hydrogens (tertiary/aromatic N) is 1. The van der Waals surface area contributed by atoms with Gasteiger partial charge in [0.05, 0.1) is 12.6 Å². The van der Waals surface area contributed by atoms with Crippen molar-refractivity contribution < 1.29 is 14.3 Å². The summed E-state index contributed by atoms with van der Waals surface area (Å²) < 4.78 is 13.6. The summed E-state index contributed by atoms with van der Waals surface area (Å²) in [5.41, 5.74) is 1.44. The molecular formula is C16H20BrClN2O3. The molecule has 0 radical (unpaired) electrons. The number of methoxy groups -OCH3 is 1. The Morgan fingerprint density at radius 1 is 1.48 bits per heavy atom. The molecule has 0 aliphatic carbocycles. The minimum Gasteiger partial charge on any atom is -0.491 e.